The summed E-state index contributed by atoms with van der Waals surface area (Å²) in [4.78, 5) is 16.0. The number of hydrogen-bond acceptors (Lipinski definition) is 6. The van der Waals surface area contributed by atoms with Crippen molar-refractivity contribution < 1.29 is 14.3 Å². The molecule has 0 spiro atoms. The van der Waals surface area contributed by atoms with Crippen LogP contribution in [0, 0.1) is 11.3 Å². The van der Waals surface area contributed by atoms with Gasteiger partial charge < -0.3 is 19.7 Å². The van der Waals surface area contributed by atoms with Crippen LogP contribution in [0.25, 0.3) is 0 Å². The lowest BCUT2D eigenvalue weighted by atomic mass is 10.1. The minimum Gasteiger partial charge on any atom is -0.493 e. The third kappa shape index (κ3) is 4.53. The molecule has 3 rings (SSSR count). The molecule has 7 nitrogen and oxygen atoms in total. The Morgan fingerprint density at radius 1 is 1.14 bits per heavy atom. The number of nitrogens with one attached hydrogen (secondary N) is 1. The maximum absolute atomic E-state index is 11.4. The largest absolute Gasteiger partial charge is 0.493 e. The van der Waals surface area contributed by atoms with E-state index >= 15 is 0 Å². The van der Waals surface area contributed by atoms with Gasteiger partial charge in [-0.25, -0.2) is 4.79 Å². The van der Waals surface area contributed by atoms with Crippen molar-refractivity contribution in [2.45, 2.75) is 6.54 Å². The number of carbonyl (C=O) groups is 1. The van der Waals surface area contributed by atoms with E-state index in [-0.39, 0.29) is 0 Å². The molecule has 0 bridgehead atoms. The van der Waals surface area contributed by atoms with Gasteiger partial charge in [-0.15, -0.1) is 0 Å². The predicted molar refractivity (Wildman–Crippen MR) is 107 cm³/mol. The van der Waals surface area contributed by atoms with Crippen molar-refractivity contribution in [1.82, 2.24) is 10.2 Å². The summed E-state index contributed by atoms with van der Waals surface area (Å²) < 4.78 is 10.6. The number of methoxy groups -OCH3 is 1. The lowest BCUT2D eigenvalue weighted by Gasteiger charge is -2.36. The number of nitrogens with zero attached hydrogens (tertiary/aromatic N) is 3. The van der Waals surface area contributed by atoms with Crippen LogP contribution in [-0.2, 0) is 6.54 Å². The molecule has 28 heavy (non-hydrogen) atoms. The summed E-state index contributed by atoms with van der Waals surface area (Å²) in [5.41, 5.74) is 2.81. The van der Waals surface area contributed by atoms with E-state index in [1.807, 2.05) is 36.4 Å². The van der Waals surface area contributed by atoms with Crippen LogP contribution in [0.1, 0.15) is 11.1 Å². The molecule has 0 aromatic heterocycles. The minimum atomic E-state index is -0.528. The van der Waals surface area contributed by atoms with Crippen molar-refractivity contribution in [2.24, 2.45) is 0 Å². The Hall–Kier alpha value is -3.24. The van der Waals surface area contributed by atoms with Gasteiger partial charge in [0.25, 0.3) is 0 Å². The highest BCUT2D eigenvalue weighted by Gasteiger charge is 2.20. The van der Waals surface area contributed by atoms with Gasteiger partial charge in [-0.3, -0.25) is 4.90 Å². The molecule has 7 heteroatoms. The highest BCUT2D eigenvalue weighted by molar-refractivity contribution is 5.71. The Labute approximate surface area is 165 Å². The normalized spacial score (nSPS) is 14.2. The number of piperazine rings is 1. The lowest BCUT2D eigenvalue weighted by Crippen LogP contribution is -2.46. The standard InChI is InChI=1S/C21H24N4O3/c1-23-21(26)28-19-8-7-16(13-20(19)27-2)15-24-9-11-25(12-10-24)18-6-4-3-5-17(18)14-22/h3-8,13H,9-12,15H2,1-2H3,(H,23,26). The van der Waals surface area contributed by atoms with E-state index in [0.29, 0.717) is 17.1 Å². The first-order valence-electron chi connectivity index (χ1n) is 9.17. The van der Waals surface area contributed by atoms with Crippen LogP contribution < -0.4 is 19.7 Å². The van der Waals surface area contributed by atoms with Crippen molar-refractivity contribution in [1.29, 1.82) is 5.26 Å². The van der Waals surface area contributed by atoms with E-state index in [1.54, 1.807) is 13.2 Å². The molecule has 1 aliphatic rings. The second kappa shape index (κ2) is 9.11. The minimum absolute atomic E-state index is 0.392. The van der Waals surface area contributed by atoms with Crippen molar-refractivity contribution in [2.75, 3.05) is 45.2 Å². The van der Waals surface area contributed by atoms with Gasteiger partial charge in [-0.2, -0.15) is 5.26 Å². The fourth-order valence-electron chi connectivity index (χ4n) is 3.29. The first-order chi connectivity index (χ1) is 13.6. The van der Waals surface area contributed by atoms with Crippen LogP contribution in [0.3, 0.4) is 0 Å². The van der Waals surface area contributed by atoms with Gasteiger partial charge in [0.1, 0.15) is 6.07 Å². The third-order valence-corrected chi connectivity index (χ3v) is 4.78. The summed E-state index contributed by atoms with van der Waals surface area (Å²) in [6.45, 7) is 4.32. The van der Waals surface area contributed by atoms with E-state index in [1.165, 1.54) is 7.05 Å². The van der Waals surface area contributed by atoms with Crippen LogP contribution >= 0.6 is 0 Å². The first-order valence-corrected chi connectivity index (χ1v) is 9.17. The summed E-state index contributed by atoms with van der Waals surface area (Å²) in [5.74, 6) is 0.922. The summed E-state index contributed by atoms with van der Waals surface area (Å²) in [5, 5.41) is 11.7. The maximum atomic E-state index is 11.4. The number of rotatable bonds is 5. The van der Waals surface area contributed by atoms with Gasteiger partial charge in [-0.1, -0.05) is 18.2 Å². The van der Waals surface area contributed by atoms with Gasteiger partial charge in [-0.05, 0) is 29.8 Å². The molecule has 0 atom stereocenters. The Balaban J connectivity index is 1.61. The van der Waals surface area contributed by atoms with Crippen LogP contribution in [0.5, 0.6) is 11.5 Å². The monoisotopic (exact) mass is 380 g/mol. The van der Waals surface area contributed by atoms with E-state index < -0.39 is 6.09 Å². The summed E-state index contributed by atoms with van der Waals surface area (Å²) in [6.07, 6.45) is -0.528. The fourth-order valence-corrected chi connectivity index (χ4v) is 3.29. The van der Waals surface area contributed by atoms with Crippen LogP contribution in [-0.4, -0.2) is 51.3 Å². The Morgan fingerprint density at radius 3 is 2.57 bits per heavy atom. The third-order valence-electron chi connectivity index (χ3n) is 4.78. The summed E-state index contributed by atoms with van der Waals surface area (Å²) in [6, 6.07) is 15.6. The van der Waals surface area contributed by atoms with E-state index in [4.69, 9.17) is 9.47 Å². The van der Waals surface area contributed by atoms with Crippen molar-refractivity contribution >= 4 is 11.8 Å². The van der Waals surface area contributed by atoms with Gasteiger partial charge >= 0.3 is 6.09 Å². The van der Waals surface area contributed by atoms with Crippen molar-refractivity contribution in [3.05, 3.63) is 53.6 Å². The van der Waals surface area contributed by atoms with E-state index in [0.717, 1.165) is 44.0 Å². The number of anilines is 1. The number of carbonyl (C=O) groups excluding carboxylic acids is 1. The molecule has 0 radical (unpaired) electrons. The molecule has 146 valence electrons. The lowest BCUT2D eigenvalue weighted by molar-refractivity contribution is 0.200. The average Bonchev–Trinajstić information content (AvgIpc) is 2.75. The summed E-state index contributed by atoms with van der Waals surface area (Å²) >= 11 is 0. The second-order valence-corrected chi connectivity index (χ2v) is 6.52. The Kier molecular flexibility index (Phi) is 6.35. The average molecular weight is 380 g/mol. The maximum Gasteiger partial charge on any atom is 0.412 e. The zero-order valence-electron chi connectivity index (χ0n) is 16.1. The van der Waals surface area contributed by atoms with Crippen LogP contribution in [0.15, 0.2) is 42.5 Å². The molecule has 1 saturated heterocycles. The molecule has 0 saturated carbocycles. The highest BCUT2D eigenvalue weighted by Crippen LogP contribution is 2.29. The van der Waals surface area contributed by atoms with Crippen molar-refractivity contribution in [3.63, 3.8) is 0 Å². The smallest absolute Gasteiger partial charge is 0.412 e. The van der Waals surface area contributed by atoms with Crippen molar-refractivity contribution in [3.8, 4) is 17.6 Å². The SMILES string of the molecule is CNC(=O)Oc1ccc(CN2CCN(c3ccccc3C#N)CC2)cc1OC. The molecular weight excluding hydrogens is 356 g/mol. The van der Waals surface area contributed by atoms with Gasteiger partial charge in [0, 0.05) is 39.8 Å². The number of benzene rings is 2. The van der Waals surface area contributed by atoms with E-state index in [2.05, 4.69) is 21.2 Å². The second-order valence-electron chi connectivity index (χ2n) is 6.52. The van der Waals surface area contributed by atoms with Crippen LogP contribution in [0.2, 0.25) is 0 Å². The fraction of sp³-hybridized carbons (Fsp3) is 0.333. The highest BCUT2D eigenvalue weighted by atomic mass is 16.6. The quantitative estimate of drug-likeness (QED) is 0.859. The van der Waals surface area contributed by atoms with Gasteiger partial charge in [0.15, 0.2) is 11.5 Å². The molecule has 0 unspecified atom stereocenters. The zero-order valence-corrected chi connectivity index (χ0v) is 16.1. The number of hydrogen-bond donors (Lipinski definition) is 1. The Bertz CT molecular complexity index is 870. The molecule has 2 aromatic carbocycles. The van der Waals surface area contributed by atoms with Crippen LogP contribution in [0.4, 0.5) is 10.5 Å². The van der Waals surface area contributed by atoms with E-state index in [9.17, 15) is 10.1 Å². The number of ether oxygens (including phenoxy) is 2. The number of nitriles is 1. The zero-order chi connectivity index (χ0) is 19.9. The molecule has 1 N–H and O–H groups in total. The number of para-hydroxylation sites is 1. The van der Waals surface area contributed by atoms with Gasteiger partial charge in [0.05, 0.1) is 18.4 Å². The molecular formula is C21H24N4O3. The first kappa shape index (κ1) is 19.5. The van der Waals surface area contributed by atoms with Gasteiger partial charge in [0.2, 0.25) is 0 Å². The molecule has 2 aromatic rings. The molecule has 1 fully saturated rings. The number of amides is 1. The molecule has 1 amide bonds. The predicted octanol–water partition coefficient (Wildman–Crippen LogP) is 2.61. The molecule has 1 heterocycles. The topological polar surface area (TPSA) is 77.8 Å². The molecule has 1 aliphatic heterocycles. The molecule has 0 aliphatic carbocycles. The Morgan fingerprint density at radius 2 is 1.89 bits per heavy atom. The summed E-state index contributed by atoms with van der Waals surface area (Å²) in [7, 11) is 3.07.